The summed E-state index contributed by atoms with van der Waals surface area (Å²) in [6.07, 6.45) is 0.105. The van der Waals surface area contributed by atoms with Crippen molar-refractivity contribution >= 4 is 21.6 Å². The molecule has 0 saturated carbocycles. The van der Waals surface area contributed by atoms with Crippen LogP contribution in [0, 0.1) is 6.92 Å². The summed E-state index contributed by atoms with van der Waals surface area (Å²) in [5.41, 5.74) is 0. The molecule has 0 unspecified atom stereocenters. The van der Waals surface area contributed by atoms with Crippen molar-refractivity contribution < 1.29 is 43.8 Å². The minimum absolute atomic E-state index is 0. The first-order valence-electron chi connectivity index (χ1n) is 3.58. The van der Waals surface area contributed by atoms with Crippen molar-refractivity contribution in [1.82, 2.24) is 0 Å². The molecular weight excluding hydrogens is 380 g/mol. The third-order valence-corrected chi connectivity index (χ3v) is 2.31. The van der Waals surface area contributed by atoms with Crippen LogP contribution < -0.4 is 0 Å². The van der Waals surface area contributed by atoms with Crippen LogP contribution in [-0.2, 0) is 45.2 Å². The fourth-order valence-electron chi connectivity index (χ4n) is 0.545. The van der Waals surface area contributed by atoms with E-state index >= 15 is 0 Å². The van der Waals surface area contributed by atoms with Gasteiger partial charge in [0, 0.05) is 33.3 Å². The second-order valence-corrected chi connectivity index (χ2v) is 4.43. The van der Waals surface area contributed by atoms with E-state index in [1.54, 1.807) is 6.92 Å². The minimum Gasteiger partial charge on any atom is -0.449 e. The molecule has 0 aromatic heterocycles. The van der Waals surface area contributed by atoms with E-state index in [4.69, 9.17) is 0 Å². The Hall–Kier alpha value is -0.352. The molecule has 0 aliphatic heterocycles. The SMILES string of the molecule is [CH2-]C(=O)CS(=O)(=O)COC(=O)CC.[W]. The minimum atomic E-state index is -3.64. The topological polar surface area (TPSA) is 77.5 Å². The van der Waals surface area contributed by atoms with Crippen molar-refractivity contribution in [2.24, 2.45) is 0 Å². The van der Waals surface area contributed by atoms with E-state index in [1.807, 2.05) is 0 Å². The number of carbonyl (C=O) groups is 2. The Morgan fingerprint density at radius 1 is 1.36 bits per heavy atom. The smallest absolute Gasteiger partial charge is 0.306 e. The summed E-state index contributed by atoms with van der Waals surface area (Å²) in [4.78, 5) is 20.9. The zero-order valence-electron chi connectivity index (χ0n) is 7.69. The van der Waals surface area contributed by atoms with Crippen molar-refractivity contribution in [1.29, 1.82) is 0 Å². The summed E-state index contributed by atoms with van der Waals surface area (Å²) in [6.45, 7) is 4.46. The molecule has 0 heterocycles. The predicted molar refractivity (Wildman–Crippen MR) is 45.4 cm³/mol. The predicted octanol–water partition coefficient (Wildman–Crippen LogP) is -0.287. The molecule has 0 bridgehead atoms. The standard InChI is InChI=1S/C7H11O5S.W/c1-3-7(9)12-5-13(10,11)4-6(2)8;/h2-5H2,1H3;/q-1;. The fraction of sp³-hybridized carbons (Fsp3) is 0.571. The maximum absolute atomic E-state index is 10.9. The zero-order valence-corrected chi connectivity index (χ0v) is 11.4. The molecular formula is C7H11O5SW-. The van der Waals surface area contributed by atoms with Gasteiger partial charge in [0.1, 0.15) is 0 Å². The molecule has 0 radical (unpaired) electrons. The Kier molecular flexibility index (Phi) is 8.06. The van der Waals surface area contributed by atoms with Crippen LogP contribution in [0.5, 0.6) is 0 Å². The Bertz CT molecular complexity index is 295. The van der Waals surface area contributed by atoms with Crippen LogP contribution in [-0.4, -0.2) is 31.9 Å². The van der Waals surface area contributed by atoms with Gasteiger partial charge in [-0.1, -0.05) is 6.92 Å². The molecule has 0 fully saturated rings. The maximum atomic E-state index is 10.9. The van der Waals surface area contributed by atoms with Gasteiger partial charge in [-0.15, -0.1) is 0 Å². The molecule has 0 aromatic carbocycles. The first-order chi connectivity index (χ1) is 5.87. The number of ketones is 1. The van der Waals surface area contributed by atoms with Gasteiger partial charge >= 0.3 is 5.97 Å². The third-order valence-electron chi connectivity index (χ3n) is 1.07. The molecule has 0 saturated heterocycles. The fourth-order valence-corrected chi connectivity index (χ4v) is 1.43. The number of esters is 1. The molecule has 0 atom stereocenters. The zero-order chi connectivity index (χ0) is 10.5. The number of hydrogen-bond donors (Lipinski definition) is 0. The first kappa shape index (κ1) is 16.1. The van der Waals surface area contributed by atoms with E-state index < -0.39 is 33.3 Å². The summed E-state index contributed by atoms with van der Waals surface area (Å²) in [6, 6.07) is 0. The largest absolute Gasteiger partial charge is 0.449 e. The van der Waals surface area contributed by atoms with Crippen LogP contribution in [0.2, 0.25) is 0 Å². The Balaban J connectivity index is 0. The second kappa shape index (κ2) is 7.01. The van der Waals surface area contributed by atoms with Gasteiger partial charge in [-0.3, -0.25) is 4.79 Å². The molecule has 0 aliphatic carbocycles. The maximum Gasteiger partial charge on any atom is 0.306 e. The van der Waals surface area contributed by atoms with Crippen LogP contribution in [0.1, 0.15) is 13.3 Å². The van der Waals surface area contributed by atoms with Gasteiger partial charge in [-0.2, -0.15) is 0 Å². The van der Waals surface area contributed by atoms with Crippen LogP contribution in [0.3, 0.4) is 0 Å². The molecule has 14 heavy (non-hydrogen) atoms. The molecule has 5 nitrogen and oxygen atoms in total. The van der Waals surface area contributed by atoms with E-state index in [2.05, 4.69) is 11.7 Å². The van der Waals surface area contributed by atoms with E-state index in [0.717, 1.165) is 0 Å². The van der Waals surface area contributed by atoms with Gasteiger partial charge < -0.3 is 16.5 Å². The van der Waals surface area contributed by atoms with Crippen LogP contribution in [0.4, 0.5) is 0 Å². The average Bonchev–Trinajstić information content (AvgIpc) is 1.98. The van der Waals surface area contributed by atoms with Crippen molar-refractivity contribution in [2.45, 2.75) is 13.3 Å². The van der Waals surface area contributed by atoms with E-state index in [-0.39, 0.29) is 27.5 Å². The summed E-state index contributed by atoms with van der Waals surface area (Å²) in [5.74, 6) is -2.77. The molecule has 82 valence electrons. The summed E-state index contributed by atoms with van der Waals surface area (Å²) >= 11 is 0. The normalized spacial score (nSPS) is 10.1. The monoisotopic (exact) mass is 391 g/mol. The van der Waals surface area contributed by atoms with Crippen LogP contribution >= 0.6 is 0 Å². The molecule has 7 heteroatoms. The van der Waals surface area contributed by atoms with Gasteiger partial charge in [-0.25, -0.2) is 8.42 Å². The Morgan fingerprint density at radius 2 is 1.86 bits per heavy atom. The first-order valence-corrected chi connectivity index (χ1v) is 5.40. The van der Waals surface area contributed by atoms with E-state index in [1.165, 1.54) is 0 Å². The van der Waals surface area contributed by atoms with Gasteiger partial charge in [-0.05, 0) is 0 Å². The summed E-state index contributed by atoms with van der Waals surface area (Å²) < 4.78 is 26.2. The number of Topliss-reactive ketones (excluding diaryl/α,β-unsaturated/α-hetero) is 1. The number of hydrogen-bond acceptors (Lipinski definition) is 5. The number of ether oxygens (including phenoxy) is 1. The molecule has 0 spiro atoms. The van der Waals surface area contributed by atoms with Crippen LogP contribution in [0.25, 0.3) is 0 Å². The van der Waals surface area contributed by atoms with Crippen molar-refractivity contribution in [3.63, 3.8) is 0 Å². The average molecular weight is 391 g/mol. The van der Waals surface area contributed by atoms with Gasteiger partial charge in [0.05, 0.1) is 5.75 Å². The van der Waals surface area contributed by atoms with Crippen molar-refractivity contribution in [2.75, 3.05) is 11.7 Å². The van der Waals surface area contributed by atoms with Crippen molar-refractivity contribution in [3.05, 3.63) is 6.92 Å². The number of sulfone groups is 1. The van der Waals surface area contributed by atoms with E-state index in [9.17, 15) is 18.0 Å². The Morgan fingerprint density at radius 3 is 2.21 bits per heavy atom. The van der Waals surface area contributed by atoms with Gasteiger partial charge in [0.15, 0.2) is 15.8 Å². The molecule has 0 aromatic rings. The third kappa shape index (κ3) is 8.26. The molecule has 0 rings (SSSR count). The second-order valence-electron chi connectivity index (χ2n) is 2.41. The van der Waals surface area contributed by atoms with Crippen molar-refractivity contribution in [3.8, 4) is 0 Å². The van der Waals surface area contributed by atoms with Gasteiger partial charge in [0.2, 0.25) is 0 Å². The quantitative estimate of drug-likeness (QED) is 0.476. The van der Waals surface area contributed by atoms with E-state index in [0.29, 0.717) is 0 Å². The molecule has 0 amide bonds. The van der Waals surface area contributed by atoms with Gasteiger partial charge in [0.25, 0.3) is 0 Å². The summed E-state index contributed by atoms with van der Waals surface area (Å²) in [5, 5.41) is 0. The molecule has 0 N–H and O–H groups in total. The Labute approximate surface area is 97.4 Å². The van der Waals surface area contributed by atoms with Crippen LogP contribution in [0.15, 0.2) is 0 Å². The number of rotatable bonds is 5. The number of carbonyl (C=O) groups excluding carboxylic acids is 2. The summed E-state index contributed by atoms with van der Waals surface area (Å²) in [7, 11) is -3.64. The molecule has 0 aliphatic rings.